The Kier molecular flexibility index (Phi) is 7.10. The number of benzene rings is 1. The third-order valence-electron chi connectivity index (χ3n) is 4.28. The number of hydrogen-bond acceptors (Lipinski definition) is 6. The summed E-state index contributed by atoms with van der Waals surface area (Å²) in [5.41, 5.74) is 7.65. The Morgan fingerprint density at radius 3 is 2.83 bits per heavy atom. The molecule has 3 rings (SSSR count). The number of halogens is 4. The van der Waals surface area contributed by atoms with Crippen LogP contribution >= 0.6 is 34.8 Å². The van der Waals surface area contributed by atoms with E-state index < -0.39 is 17.0 Å². The second-order valence-electron chi connectivity index (χ2n) is 6.46. The molecule has 10 heteroatoms. The maximum absolute atomic E-state index is 13.8. The maximum atomic E-state index is 13.8. The van der Waals surface area contributed by atoms with Crippen molar-refractivity contribution in [2.45, 2.75) is 18.1 Å². The Bertz CT molecular complexity index is 999. The van der Waals surface area contributed by atoms with E-state index in [9.17, 15) is 4.39 Å². The molecule has 2 atom stereocenters. The second-order valence-corrected chi connectivity index (χ2v) is 7.84. The molecule has 160 valence electrons. The number of aromatic nitrogens is 1. The third-order valence-corrected chi connectivity index (χ3v) is 5.29. The van der Waals surface area contributed by atoms with Gasteiger partial charge in [-0.3, -0.25) is 10.7 Å². The lowest BCUT2D eigenvalue weighted by Crippen LogP contribution is -2.49. The van der Waals surface area contributed by atoms with Crippen LogP contribution in [-0.4, -0.2) is 28.4 Å². The van der Waals surface area contributed by atoms with Crippen LogP contribution in [0, 0.1) is 5.82 Å². The molecule has 2 aromatic rings. The van der Waals surface area contributed by atoms with Gasteiger partial charge in [0, 0.05) is 34.1 Å². The van der Waals surface area contributed by atoms with Gasteiger partial charge >= 0.3 is 0 Å². The molecule has 0 saturated heterocycles. The number of nitrogens with zero attached hydrogens (tertiary/aromatic N) is 1. The first kappa shape index (κ1) is 22.7. The van der Waals surface area contributed by atoms with Crippen molar-refractivity contribution < 1.29 is 19.0 Å². The van der Waals surface area contributed by atoms with Crippen LogP contribution < -0.4 is 15.8 Å². The van der Waals surface area contributed by atoms with Crippen molar-refractivity contribution in [2.75, 3.05) is 13.2 Å². The number of rotatable bonds is 7. The topological polar surface area (TPSA) is 89.6 Å². The summed E-state index contributed by atoms with van der Waals surface area (Å²) in [6, 6.07) is 4.36. The zero-order valence-electron chi connectivity index (χ0n) is 15.8. The van der Waals surface area contributed by atoms with Crippen molar-refractivity contribution in [1.82, 2.24) is 10.3 Å². The van der Waals surface area contributed by atoms with E-state index in [1.807, 2.05) is 0 Å². The van der Waals surface area contributed by atoms with E-state index in [4.69, 9.17) is 55.1 Å². The number of aliphatic hydroxyl groups excluding tert-OH is 1. The molecule has 0 fully saturated rings. The van der Waals surface area contributed by atoms with Crippen molar-refractivity contribution in [3.05, 3.63) is 75.6 Å². The highest BCUT2D eigenvalue weighted by atomic mass is 35.5. The molecule has 0 bridgehead atoms. The molecule has 1 aromatic heterocycles. The van der Waals surface area contributed by atoms with Crippen molar-refractivity contribution in [2.24, 2.45) is 5.73 Å². The van der Waals surface area contributed by atoms with E-state index in [1.54, 1.807) is 31.5 Å². The van der Waals surface area contributed by atoms with Gasteiger partial charge in [-0.05, 0) is 31.2 Å². The molecular weight excluding hydrogens is 456 g/mol. The fraction of sp³-hybridized carbons (Fsp3) is 0.250. The zero-order chi connectivity index (χ0) is 21.9. The lowest BCUT2D eigenvalue weighted by atomic mass is 10.1. The Labute approximate surface area is 188 Å². The van der Waals surface area contributed by atoms with E-state index >= 15 is 0 Å². The monoisotopic (exact) mass is 473 g/mol. The highest BCUT2D eigenvalue weighted by molar-refractivity contribution is 6.36. The van der Waals surface area contributed by atoms with Gasteiger partial charge in [0.15, 0.2) is 5.76 Å². The van der Waals surface area contributed by atoms with Crippen LogP contribution in [-0.2, 0) is 4.74 Å². The highest BCUT2D eigenvalue weighted by Gasteiger charge is 2.31. The number of allylic oxidation sites excluding steroid dienone is 2. The molecule has 0 saturated carbocycles. The predicted molar refractivity (Wildman–Crippen MR) is 115 cm³/mol. The van der Waals surface area contributed by atoms with E-state index in [0.717, 1.165) is 0 Å². The zero-order valence-corrected chi connectivity index (χ0v) is 18.1. The number of dihydropyridines is 1. The Balaban J connectivity index is 1.84. The van der Waals surface area contributed by atoms with E-state index in [0.29, 0.717) is 27.5 Å². The fourth-order valence-electron chi connectivity index (χ4n) is 2.83. The van der Waals surface area contributed by atoms with Crippen LogP contribution in [0.25, 0.3) is 5.57 Å². The van der Waals surface area contributed by atoms with Crippen LogP contribution in [0.15, 0.2) is 48.6 Å². The molecule has 30 heavy (non-hydrogen) atoms. The summed E-state index contributed by atoms with van der Waals surface area (Å²) in [6.07, 6.45) is 5.76. The number of hydrogen-bond donors (Lipinski definition) is 3. The molecule has 0 radical (unpaired) electrons. The van der Waals surface area contributed by atoms with Gasteiger partial charge in [-0.1, -0.05) is 34.8 Å². The first-order valence-corrected chi connectivity index (χ1v) is 10.0. The average molecular weight is 475 g/mol. The summed E-state index contributed by atoms with van der Waals surface area (Å²) in [4.78, 5) is 4.18. The van der Waals surface area contributed by atoms with Crippen molar-refractivity contribution in [3.8, 4) is 5.75 Å². The SMILES string of the molecule is CC(Oc1cncc(C2=CNC(N)(Cl)C(OCCO)=C2)c1)c1c(Cl)ccc(F)c1Cl. The Morgan fingerprint density at radius 2 is 2.10 bits per heavy atom. The summed E-state index contributed by atoms with van der Waals surface area (Å²) in [6.45, 7) is 1.56. The first-order chi connectivity index (χ1) is 14.2. The molecule has 1 aromatic carbocycles. The standard InChI is InChI=1S/C20H19Cl3FN3O3/c1-11(18-15(21)2-3-16(24)19(18)22)30-14-6-12(8-26-10-14)13-7-17(29-5-4-28)20(23,25)27-9-13/h2-3,6-11,27-28H,4-5,25H2,1H3. The van der Waals surface area contributed by atoms with Gasteiger partial charge in [-0.25, -0.2) is 4.39 Å². The largest absolute Gasteiger partial charge is 0.490 e. The van der Waals surface area contributed by atoms with Gasteiger partial charge in [-0.2, -0.15) is 0 Å². The van der Waals surface area contributed by atoms with E-state index in [1.165, 1.54) is 18.3 Å². The minimum absolute atomic E-state index is 0.0422. The molecule has 1 aliphatic heterocycles. The fourth-order valence-corrected chi connectivity index (χ4v) is 3.67. The number of alkyl halides is 1. The van der Waals surface area contributed by atoms with Gasteiger partial charge in [0.05, 0.1) is 17.8 Å². The molecule has 6 nitrogen and oxygen atoms in total. The Morgan fingerprint density at radius 1 is 1.33 bits per heavy atom. The van der Waals surface area contributed by atoms with Crippen LogP contribution in [0.4, 0.5) is 4.39 Å². The third kappa shape index (κ3) is 4.99. The van der Waals surface area contributed by atoms with Crippen LogP contribution in [0.2, 0.25) is 10.0 Å². The van der Waals surface area contributed by atoms with Gasteiger partial charge < -0.3 is 19.9 Å². The number of pyridine rings is 1. The Hall–Kier alpha value is -2.03. The molecular formula is C20H19Cl3FN3O3. The van der Waals surface area contributed by atoms with Crippen molar-refractivity contribution >= 4 is 40.4 Å². The van der Waals surface area contributed by atoms with Crippen LogP contribution in [0.1, 0.15) is 24.2 Å². The molecule has 2 heterocycles. The van der Waals surface area contributed by atoms with Gasteiger partial charge in [0.25, 0.3) is 0 Å². The second kappa shape index (κ2) is 9.41. The lowest BCUT2D eigenvalue weighted by Gasteiger charge is -2.29. The summed E-state index contributed by atoms with van der Waals surface area (Å²) < 4.78 is 25.1. The van der Waals surface area contributed by atoms with Gasteiger partial charge in [-0.15, -0.1) is 0 Å². The summed E-state index contributed by atoms with van der Waals surface area (Å²) in [7, 11) is 0. The average Bonchev–Trinajstić information content (AvgIpc) is 2.70. The van der Waals surface area contributed by atoms with Crippen LogP contribution in [0.3, 0.4) is 0 Å². The van der Waals surface area contributed by atoms with Crippen LogP contribution in [0.5, 0.6) is 5.75 Å². The lowest BCUT2D eigenvalue weighted by molar-refractivity contribution is 0.126. The number of aliphatic hydroxyl groups is 1. The summed E-state index contributed by atoms with van der Waals surface area (Å²) >= 11 is 18.4. The molecule has 4 N–H and O–H groups in total. The maximum Gasteiger partial charge on any atom is 0.222 e. The van der Waals surface area contributed by atoms with Gasteiger partial charge in [0.1, 0.15) is 24.3 Å². The smallest absolute Gasteiger partial charge is 0.222 e. The minimum atomic E-state index is -1.43. The molecule has 0 spiro atoms. The molecule has 2 unspecified atom stereocenters. The van der Waals surface area contributed by atoms with Crippen molar-refractivity contribution in [3.63, 3.8) is 0 Å². The molecule has 0 amide bonds. The summed E-state index contributed by atoms with van der Waals surface area (Å²) in [5.74, 6) is 0.0800. The van der Waals surface area contributed by atoms with E-state index in [2.05, 4.69) is 10.3 Å². The minimum Gasteiger partial charge on any atom is -0.490 e. The van der Waals surface area contributed by atoms with E-state index in [-0.39, 0.29) is 24.0 Å². The van der Waals surface area contributed by atoms with Crippen molar-refractivity contribution in [1.29, 1.82) is 0 Å². The normalized spacial score (nSPS) is 19.4. The number of nitrogens with two attached hydrogens (primary N) is 1. The number of nitrogens with one attached hydrogen (secondary N) is 1. The summed E-state index contributed by atoms with van der Waals surface area (Å²) in [5, 5.41) is 10.6. The van der Waals surface area contributed by atoms with Gasteiger partial charge in [0.2, 0.25) is 5.12 Å². The highest BCUT2D eigenvalue weighted by Crippen LogP contribution is 2.35. The number of ether oxygens (including phenoxy) is 2. The predicted octanol–water partition coefficient (Wildman–Crippen LogP) is 4.36. The quantitative estimate of drug-likeness (QED) is 0.314. The molecule has 0 aliphatic carbocycles. The molecule has 1 aliphatic rings. The first-order valence-electron chi connectivity index (χ1n) is 8.90.